The van der Waals surface area contributed by atoms with Crippen molar-refractivity contribution in [2.45, 2.75) is 96.6 Å². The summed E-state index contributed by atoms with van der Waals surface area (Å²) in [5.74, 6) is 0.414. The molecule has 2 atom stereocenters. The maximum absolute atomic E-state index is 11.2. The topological polar surface area (TPSA) is 74.2 Å². The Morgan fingerprint density at radius 3 is 1.70 bits per heavy atom. The lowest BCUT2D eigenvalue weighted by Crippen LogP contribution is -3.00. The molecule has 0 aliphatic rings. The maximum atomic E-state index is 11.2. The van der Waals surface area contributed by atoms with Crippen molar-refractivity contribution in [1.29, 1.82) is 0 Å². The van der Waals surface area contributed by atoms with E-state index in [0.717, 1.165) is 18.8 Å². The molecule has 4 nitrogen and oxygen atoms in total. The van der Waals surface area contributed by atoms with Crippen molar-refractivity contribution in [3.8, 4) is 0 Å². The van der Waals surface area contributed by atoms with Crippen LogP contribution in [0.3, 0.4) is 0 Å². The number of hydrogen-bond donors (Lipinski definition) is 2. The van der Waals surface area contributed by atoms with E-state index >= 15 is 0 Å². The highest BCUT2D eigenvalue weighted by molar-refractivity contribution is 5.74. The van der Waals surface area contributed by atoms with Gasteiger partial charge < -0.3 is 28.0 Å². The third kappa shape index (κ3) is 15.0. The normalized spacial score (nSPS) is 13.5. The predicted octanol–water partition coefficient (Wildman–Crippen LogP) is 0.0819. The van der Waals surface area contributed by atoms with E-state index in [0.29, 0.717) is 6.42 Å². The van der Waals surface area contributed by atoms with E-state index in [-0.39, 0.29) is 12.4 Å². The highest BCUT2D eigenvalue weighted by Crippen LogP contribution is 2.14. The van der Waals surface area contributed by atoms with E-state index in [2.05, 4.69) is 24.3 Å². The number of aliphatic hydroxyl groups excluding tert-OH is 1. The van der Waals surface area contributed by atoms with E-state index in [9.17, 15) is 9.90 Å². The lowest BCUT2D eigenvalue weighted by Gasteiger charge is -2.13. The molecular formula is C18H38ClNO3. The molecule has 0 aromatic carbocycles. The fourth-order valence-corrected chi connectivity index (χ4v) is 2.65. The van der Waals surface area contributed by atoms with Crippen LogP contribution in [-0.4, -0.2) is 30.3 Å². The number of quaternary nitrogens is 1. The van der Waals surface area contributed by atoms with Crippen molar-refractivity contribution < 1.29 is 32.8 Å². The summed E-state index contributed by atoms with van der Waals surface area (Å²) in [4.78, 5) is 11.2. The molecule has 0 spiro atoms. The number of hydrogen-bond acceptors (Lipinski definition) is 3. The number of halogens is 1. The largest absolute Gasteiger partial charge is 1.00 e. The zero-order valence-electron chi connectivity index (χ0n) is 15.4. The number of unbranched alkanes of at least 4 members (excludes halogenated alkanes) is 8. The van der Waals surface area contributed by atoms with Crippen LogP contribution in [0.2, 0.25) is 0 Å². The van der Waals surface area contributed by atoms with Crippen LogP contribution in [0, 0.1) is 5.92 Å². The lowest BCUT2D eigenvalue weighted by molar-refractivity contribution is -0.425. The Morgan fingerprint density at radius 2 is 1.30 bits per heavy atom. The van der Waals surface area contributed by atoms with E-state index in [1.54, 1.807) is 0 Å². The Labute approximate surface area is 149 Å². The zero-order chi connectivity index (χ0) is 16.8. The third-order valence-electron chi connectivity index (χ3n) is 4.25. The van der Waals surface area contributed by atoms with Gasteiger partial charge in [0.05, 0.1) is 7.11 Å². The molecule has 4 N–H and O–H groups in total. The van der Waals surface area contributed by atoms with E-state index in [4.69, 9.17) is 0 Å². The summed E-state index contributed by atoms with van der Waals surface area (Å²) in [5.41, 5.74) is 3.66. The molecule has 0 heterocycles. The number of rotatable bonds is 14. The fraction of sp³-hybridized carbons (Fsp3) is 0.944. The van der Waals surface area contributed by atoms with Gasteiger partial charge >= 0.3 is 5.97 Å². The number of aliphatic hydroxyl groups is 1. The third-order valence-corrected chi connectivity index (χ3v) is 4.25. The minimum absolute atomic E-state index is 0. The van der Waals surface area contributed by atoms with Crippen molar-refractivity contribution in [2.24, 2.45) is 5.92 Å². The van der Waals surface area contributed by atoms with Crippen molar-refractivity contribution >= 4 is 5.97 Å². The molecule has 0 fully saturated rings. The summed E-state index contributed by atoms with van der Waals surface area (Å²) in [7, 11) is 1.33. The van der Waals surface area contributed by atoms with Gasteiger partial charge in [0.1, 0.15) is 6.10 Å². The standard InChI is InChI=1S/C18H37NO3.ClH/c1-15(2)13-11-9-7-5-4-6-8-10-12-14-16(20)17(19)18(21)22-3;/h15-17,20H,4-14,19H2,1-3H3;1H/t16-,17-;/m1./s1. The number of carbonyl (C=O) groups is 1. The number of methoxy groups -OCH3 is 1. The van der Waals surface area contributed by atoms with Crippen molar-refractivity contribution in [2.75, 3.05) is 7.11 Å². The molecule has 0 aliphatic heterocycles. The quantitative estimate of drug-likeness (QED) is 0.344. The second kappa shape index (κ2) is 16.5. The van der Waals surface area contributed by atoms with Crippen LogP contribution in [0.25, 0.3) is 0 Å². The van der Waals surface area contributed by atoms with Gasteiger partial charge in [-0.15, -0.1) is 0 Å². The number of esters is 1. The molecule has 0 unspecified atom stereocenters. The van der Waals surface area contributed by atoms with Gasteiger partial charge in [-0.05, 0) is 12.3 Å². The van der Waals surface area contributed by atoms with Gasteiger partial charge in [0.2, 0.25) is 6.04 Å². The SMILES string of the molecule is COC(=O)[C@H]([NH3+])[C@H](O)CCCCCCCCCCCC(C)C.[Cl-]. The van der Waals surface area contributed by atoms with Gasteiger partial charge in [0.25, 0.3) is 0 Å². The van der Waals surface area contributed by atoms with Crippen molar-refractivity contribution in [1.82, 2.24) is 0 Å². The summed E-state index contributed by atoms with van der Waals surface area (Å²) in [6, 6.07) is -0.657. The van der Waals surface area contributed by atoms with Crippen LogP contribution >= 0.6 is 0 Å². The molecule has 5 heteroatoms. The average molecular weight is 352 g/mol. The van der Waals surface area contributed by atoms with Crippen LogP contribution in [0.4, 0.5) is 0 Å². The summed E-state index contributed by atoms with van der Waals surface area (Å²) >= 11 is 0. The Hall–Kier alpha value is -0.320. The zero-order valence-corrected chi connectivity index (χ0v) is 16.1. The van der Waals surface area contributed by atoms with Crippen molar-refractivity contribution in [3.05, 3.63) is 0 Å². The highest BCUT2D eigenvalue weighted by Gasteiger charge is 2.26. The fourth-order valence-electron chi connectivity index (χ4n) is 2.65. The molecule has 0 amide bonds. The Balaban J connectivity index is 0. The smallest absolute Gasteiger partial charge is 0.367 e. The Kier molecular flexibility index (Phi) is 17.9. The second-order valence-electron chi connectivity index (χ2n) is 6.85. The summed E-state index contributed by atoms with van der Waals surface area (Å²) < 4.78 is 4.58. The minimum Gasteiger partial charge on any atom is -1.00 e. The highest BCUT2D eigenvalue weighted by atomic mass is 35.5. The van der Waals surface area contributed by atoms with Gasteiger partial charge in [-0.2, -0.15) is 0 Å². The van der Waals surface area contributed by atoms with Gasteiger partial charge in [-0.3, -0.25) is 0 Å². The molecule has 0 aromatic heterocycles. The second-order valence-corrected chi connectivity index (χ2v) is 6.85. The van der Waals surface area contributed by atoms with E-state index < -0.39 is 18.1 Å². The molecule has 0 rings (SSSR count). The molecular weight excluding hydrogens is 314 g/mol. The Morgan fingerprint density at radius 1 is 0.913 bits per heavy atom. The maximum Gasteiger partial charge on any atom is 0.367 e. The average Bonchev–Trinajstić information content (AvgIpc) is 2.50. The number of carbonyl (C=O) groups excluding carboxylic acids is 1. The molecule has 0 bridgehead atoms. The minimum atomic E-state index is -0.673. The number of ether oxygens (including phenoxy) is 1. The molecule has 0 saturated carbocycles. The van der Waals surface area contributed by atoms with E-state index in [1.807, 2.05) is 0 Å². The first-order chi connectivity index (χ1) is 10.5. The molecule has 23 heavy (non-hydrogen) atoms. The molecule has 0 saturated heterocycles. The molecule has 140 valence electrons. The lowest BCUT2D eigenvalue weighted by atomic mass is 10.0. The molecule has 0 aliphatic carbocycles. The van der Waals surface area contributed by atoms with Crippen LogP contribution in [0.15, 0.2) is 0 Å². The van der Waals surface area contributed by atoms with Gasteiger partial charge in [-0.25, -0.2) is 4.79 Å². The Bertz CT molecular complexity index is 275. The summed E-state index contributed by atoms with van der Waals surface area (Å²) in [6.07, 6.45) is 12.7. The van der Waals surface area contributed by atoms with Gasteiger partial charge in [0, 0.05) is 0 Å². The first-order valence-corrected chi connectivity index (χ1v) is 9.08. The predicted molar refractivity (Wildman–Crippen MR) is 90.3 cm³/mol. The summed E-state index contributed by atoms with van der Waals surface area (Å²) in [6.45, 7) is 4.58. The molecule has 0 aromatic rings. The van der Waals surface area contributed by atoms with Gasteiger partial charge in [-0.1, -0.05) is 78.1 Å². The van der Waals surface area contributed by atoms with Crippen LogP contribution < -0.4 is 18.1 Å². The van der Waals surface area contributed by atoms with E-state index in [1.165, 1.54) is 58.5 Å². The first-order valence-electron chi connectivity index (χ1n) is 9.08. The summed E-state index contributed by atoms with van der Waals surface area (Å²) in [5, 5.41) is 9.82. The monoisotopic (exact) mass is 351 g/mol. The molecule has 0 radical (unpaired) electrons. The first kappa shape index (κ1) is 24.9. The van der Waals surface area contributed by atoms with Crippen LogP contribution in [0.1, 0.15) is 84.5 Å². The van der Waals surface area contributed by atoms with Crippen LogP contribution in [0.5, 0.6) is 0 Å². The van der Waals surface area contributed by atoms with Crippen molar-refractivity contribution in [3.63, 3.8) is 0 Å². The van der Waals surface area contributed by atoms with Crippen LogP contribution in [-0.2, 0) is 9.53 Å². The van der Waals surface area contributed by atoms with Gasteiger partial charge in [0.15, 0.2) is 0 Å².